The number of aliphatic carboxylic acids is 1. The summed E-state index contributed by atoms with van der Waals surface area (Å²) in [6.45, 7) is 2.12. The van der Waals surface area contributed by atoms with Crippen molar-refractivity contribution in [2.75, 3.05) is 0 Å². The number of para-hydroxylation sites is 1. The number of aromatic nitrogens is 2. The minimum atomic E-state index is -1.12. The van der Waals surface area contributed by atoms with Gasteiger partial charge in [-0.05, 0) is 25.0 Å². The smallest absolute Gasteiger partial charge is 0.550 e. The monoisotopic (exact) mass is 476 g/mol. The van der Waals surface area contributed by atoms with E-state index in [1.165, 1.54) is 0 Å². The molecule has 0 spiro atoms. The molecule has 0 saturated carbocycles. The Labute approximate surface area is 229 Å². The van der Waals surface area contributed by atoms with E-state index >= 15 is 0 Å². The van der Waals surface area contributed by atoms with Gasteiger partial charge in [-0.3, -0.25) is 4.57 Å². The van der Waals surface area contributed by atoms with E-state index in [9.17, 15) is 9.90 Å². The second kappa shape index (κ2) is 13.3. The van der Waals surface area contributed by atoms with Gasteiger partial charge in [0.25, 0.3) is 0 Å². The minimum absolute atomic E-state index is 0. The van der Waals surface area contributed by atoms with Crippen LogP contribution < -0.4 is 39.4 Å². The quantitative estimate of drug-likeness (QED) is 0.247. The van der Waals surface area contributed by atoms with Gasteiger partial charge in [-0.1, -0.05) is 98.6 Å². The van der Waals surface area contributed by atoms with E-state index in [1.807, 2.05) is 95.6 Å². The second-order valence-corrected chi connectivity index (χ2v) is 8.31. The number of rotatable bonds is 11. The third kappa shape index (κ3) is 6.85. The summed E-state index contributed by atoms with van der Waals surface area (Å²) in [4.78, 5) is 16.4. The largest absolute Gasteiger partial charge is 1.00 e. The maximum Gasteiger partial charge on any atom is 1.00 e. The van der Waals surface area contributed by atoms with Crippen molar-refractivity contribution in [1.29, 1.82) is 0 Å². The van der Waals surface area contributed by atoms with Gasteiger partial charge in [0.1, 0.15) is 11.8 Å². The molecule has 5 nitrogen and oxygen atoms in total. The first-order valence-corrected chi connectivity index (χ1v) is 11.8. The van der Waals surface area contributed by atoms with Crippen LogP contribution in [0.15, 0.2) is 91.0 Å². The number of nitrogens with zero attached hydrogens (tertiary/aromatic N) is 2. The Morgan fingerprint density at radius 3 is 2.03 bits per heavy atom. The summed E-state index contributed by atoms with van der Waals surface area (Å²) in [7, 11) is 0. The van der Waals surface area contributed by atoms with Crippen molar-refractivity contribution in [2.45, 2.75) is 45.1 Å². The van der Waals surface area contributed by atoms with Crippen molar-refractivity contribution in [3.63, 3.8) is 0 Å². The first kappa shape index (κ1) is 26.7. The first-order valence-electron chi connectivity index (χ1n) is 11.8. The number of unbranched alkanes of at least 4 members (excludes halogenated alkanes) is 2. The van der Waals surface area contributed by atoms with Crippen LogP contribution >= 0.6 is 0 Å². The van der Waals surface area contributed by atoms with Crippen LogP contribution in [0.4, 0.5) is 0 Å². The Kier molecular flexibility index (Phi) is 10.2. The topological polar surface area (TPSA) is 67.2 Å². The van der Waals surface area contributed by atoms with Gasteiger partial charge < -0.3 is 14.6 Å². The zero-order valence-electron chi connectivity index (χ0n) is 20.4. The Morgan fingerprint density at radius 1 is 0.886 bits per heavy atom. The molecule has 35 heavy (non-hydrogen) atoms. The molecule has 0 amide bonds. The standard InChI is InChI=1S/C29H30N2O3.Na/c1-2-3-7-20-25(21-26(32)33)34-29-30-27(22-14-8-4-9-15-22)28(23-16-10-5-11-17-23)31(29)24-18-12-6-13-19-24;/h4-6,8-19,25H,2-3,7,20-21H2,1H3,(H,32,33);/q;+1/p-1. The number of carboxylic acid groups (broad SMARTS) is 1. The number of hydrogen-bond acceptors (Lipinski definition) is 4. The maximum atomic E-state index is 11.5. The molecule has 0 fully saturated rings. The van der Waals surface area contributed by atoms with Crippen molar-refractivity contribution < 1.29 is 44.2 Å². The molecule has 1 heterocycles. The van der Waals surface area contributed by atoms with Crippen molar-refractivity contribution in [2.24, 2.45) is 0 Å². The Balaban J connectivity index is 0.00000342. The summed E-state index contributed by atoms with van der Waals surface area (Å²) < 4.78 is 8.34. The Morgan fingerprint density at radius 2 is 1.46 bits per heavy atom. The number of carbonyl (C=O) groups is 1. The normalized spacial score (nSPS) is 11.5. The number of carboxylic acids is 1. The molecule has 4 rings (SSSR count). The van der Waals surface area contributed by atoms with Crippen LogP contribution in [-0.4, -0.2) is 21.6 Å². The van der Waals surface area contributed by atoms with Gasteiger partial charge in [0.2, 0.25) is 0 Å². The summed E-state index contributed by atoms with van der Waals surface area (Å²) in [5.41, 5.74) is 4.53. The fourth-order valence-corrected chi connectivity index (χ4v) is 4.11. The van der Waals surface area contributed by atoms with E-state index in [-0.39, 0.29) is 36.0 Å². The molecular weight excluding hydrogens is 447 g/mol. The number of carbonyl (C=O) groups excluding carboxylic acids is 1. The summed E-state index contributed by atoms with van der Waals surface area (Å²) in [6, 6.07) is 30.3. The summed E-state index contributed by atoms with van der Waals surface area (Å²) >= 11 is 0. The van der Waals surface area contributed by atoms with Crippen LogP contribution in [0.3, 0.4) is 0 Å². The molecule has 0 aliphatic carbocycles. The van der Waals surface area contributed by atoms with Crippen molar-refractivity contribution in [3.05, 3.63) is 91.0 Å². The van der Waals surface area contributed by atoms with Crippen LogP contribution in [0, 0.1) is 0 Å². The average Bonchev–Trinajstić information content (AvgIpc) is 3.24. The molecule has 1 aromatic heterocycles. The number of benzene rings is 3. The van der Waals surface area contributed by atoms with Crippen LogP contribution in [0.5, 0.6) is 6.01 Å². The van der Waals surface area contributed by atoms with Gasteiger partial charge in [-0.15, -0.1) is 0 Å². The third-order valence-corrected chi connectivity index (χ3v) is 5.75. The number of hydrogen-bond donors (Lipinski definition) is 0. The molecule has 0 N–H and O–H groups in total. The predicted molar refractivity (Wildman–Crippen MR) is 133 cm³/mol. The molecular formula is C29H29N2NaO3. The van der Waals surface area contributed by atoms with Crippen LogP contribution in [0.2, 0.25) is 0 Å². The fourth-order valence-electron chi connectivity index (χ4n) is 4.11. The van der Waals surface area contributed by atoms with Crippen LogP contribution in [0.25, 0.3) is 28.2 Å². The molecule has 0 radical (unpaired) electrons. The Bertz CT molecular complexity index is 1190. The second-order valence-electron chi connectivity index (χ2n) is 8.31. The molecule has 0 bridgehead atoms. The summed E-state index contributed by atoms with van der Waals surface area (Å²) in [6.07, 6.45) is 2.89. The van der Waals surface area contributed by atoms with Gasteiger partial charge in [0.15, 0.2) is 0 Å². The van der Waals surface area contributed by atoms with Crippen molar-refractivity contribution >= 4 is 5.97 Å². The van der Waals surface area contributed by atoms with E-state index in [4.69, 9.17) is 9.72 Å². The average molecular weight is 477 g/mol. The SMILES string of the molecule is CCCCCC(CC(=O)[O-])Oc1nc(-c2ccccc2)c(-c2ccccc2)n1-c1ccccc1.[Na+]. The van der Waals surface area contributed by atoms with Gasteiger partial charge in [-0.2, -0.15) is 4.98 Å². The molecule has 4 aromatic rings. The van der Waals surface area contributed by atoms with Crippen LogP contribution in [-0.2, 0) is 4.79 Å². The van der Waals surface area contributed by atoms with Crippen LogP contribution in [0.1, 0.15) is 39.0 Å². The zero-order chi connectivity index (χ0) is 23.8. The molecule has 1 unspecified atom stereocenters. The van der Waals surface area contributed by atoms with E-state index < -0.39 is 12.1 Å². The van der Waals surface area contributed by atoms with E-state index in [0.29, 0.717) is 12.4 Å². The van der Waals surface area contributed by atoms with Gasteiger partial charge in [0.05, 0.1) is 11.4 Å². The van der Waals surface area contributed by atoms with E-state index in [0.717, 1.165) is 47.5 Å². The summed E-state index contributed by atoms with van der Waals surface area (Å²) in [5, 5.41) is 11.5. The molecule has 1 atom stereocenters. The molecule has 0 aliphatic heterocycles. The molecule has 3 aromatic carbocycles. The molecule has 0 saturated heterocycles. The molecule has 174 valence electrons. The van der Waals surface area contributed by atoms with E-state index in [1.54, 1.807) is 0 Å². The van der Waals surface area contributed by atoms with Gasteiger partial charge >= 0.3 is 35.6 Å². The first-order chi connectivity index (χ1) is 16.7. The predicted octanol–water partition coefficient (Wildman–Crippen LogP) is 2.68. The maximum absolute atomic E-state index is 11.5. The van der Waals surface area contributed by atoms with Gasteiger partial charge in [0, 0.05) is 23.5 Å². The van der Waals surface area contributed by atoms with E-state index in [2.05, 4.69) is 6.92 Å². The van der Waals surface area contributed by atoms with Gasteiger partial charge in [-0.25, -0.2) is 0 Å². The number of ether oxygens (including phenoxy) is 1. The third-order valence-electron chi connectivity index (χ3n) is 5.75. The zero-order valence-corrected chi connectivity index (χ0v) is 22.4. The summed E-state index contributed by atoms with van der Waals surface area (Å²) in [5.74, 6) is -1.12. The number of imidazole rings is 1. The minimum Gasteiger partial charge on any atom is -0.550 e. The van der Waals surface area contributed by atoms with Crippen molar-refractivity contribution in [3.8, 4) is 34.2 Å². The fraction of sp³-hybridized carbons (Fsp3) is 0.241. The van der Waals surface area contributed by atoms with Crippen molar-refractivity contribution in [1.82, 2.24) is 9.55 Å². The Hall–Kier alpha value is -2.86. The molecule has 6 heteroatoms. The molecule has 0 aliphatic rings.